The molecule has 162 valence electrons. The van der Waals surface area contributed by atoms with E-state index in [1.807, 2.05) is 6.92 Å². The van der Waals surface area contributed by atoms with Crippen LogP contribution in [0.15, 0.2) is 42.5 Å². The van der Waals surface area contributed by atoms with E-state index in [4.69, 9.17) is 9.47 Å². The summed E-state index contributed by atoms with van der Waals surface area (Å²) in [5, 5.41) is 5.40. The Bertz CT molecular complexity index is 1030. The van der Waals surface area contributed by atoms with Crippen molar-refractivity contribution in [1.82, 2.24) is 10.2 Å². The molecule has 31 heavy (non-hydrogen) atoms. The van der Waals surface area contributed by atoms with Crippen LogP contribution in [0.25, 0.3) is 0 Å². The van der Waals surface area contributed by atoms with E-state index in [2.05, 4.69) is 10.6 Å². The lowest BCUT2D eigenvalue weighted by Gasteiger charge is -2.27. The van der Waals surface area contributed by atoms with E-state index < -0.39 is 35.7 Å². The second-order valence-electron chi connectivity index (χ2n) is 7.45. The fraction of sp³-hybridized carbons (Fsp3) is 0.318. The monoisotopic (exact) mass is 427 g/mol. The van der Waals surface area contributed by atoms with Crippen molar-refractivity contribution in [2.24, 2.45) is 0 Å². The third kappa shape index (κ3) is 3.90. The van der Waals surface area contributed by atoms with Gasteiger partial charge in [0.1, 0.15) is 17.9 Å². The molecule has 8 nitrogen and oxygen atoms in total. The molecule has 2 aliphatic rings. The number of nitrogens with one attached hydrogen (secondary N) is 2. The highest BCUT2D eigenvalue weighted by atomic mass is 19.1. The third-order valence-corrected chi connectivity index (χ3v) is 5.38. The standard InChI is InChI=1S/C22H22FN3O5/c1-2-3-10-22(14-4-6-15(23)7-5-14)20(28)26(21(29)25-22)12-19(27)24-16-8-9-17-18(11-16)31-13-30-17/h4-9,11H,2-3,10,12-13H2,1H3,(H,24,27)(H,25,29). The number of carbonyl (C=O) groups excluding carboxylic acids is 3. The van der Waals surface area contributed by atoms with Crippen molar-refractivity contribution < 1.29 is 28.2 Å². The molecule has 2 aromatic rings. The van der Waals surface area contributed by atoms with Gasteiger partial charge in [-0.15, -0.1) is 0 Å². The largest absolute Gasteiger partial charge is 0.454 e. The molecule has 9 heteroatoms. The fourth-order valence-corrected chi connectivity index (χ4v) is 3.77. The number of hydrogen-bond donors (Lipinski definition) is 2. The molecule has 0 spiro atoms. The first-order chi connectivity index (χ1) is 14.9. The highest BCUT2D eigenvalue weighted by Crippen LogP contribution is 2.35. The van der Waals surface area contributed by atoms with Gasteiger partial charge in [0.2, 0.25) is 12.7 Å². The zero-order valence-corrected chi connectivity index (χ0v) is 16.9. The number of rotatable bonds is 7. The number of nitrogens with zero attached hydrogens (tertiary/aromatic N) is 1. The zero-order valence-electron chi connectivity index (χ0n) is 16.9. The van der Waals surface area contributed by atoms with Crippen LogP contribution in [0, 0.1) is 5.82 Å². The van der Waals surface area contributed by atoms with Crippen LogP contribution in [0.5, 0.6) is 11.5 Å². The minimum atomic E-state index is -1.32. The van der Waals surface area contributed by atoms with Gasteiger partial charge in [0.25, 0.3) is 5.91 Å². The predicted octanol–water partition coefficient (Wildman–Crippen LogP) is 3.13. The molecule has 1 saturated heterocycles. The van der Waals surface area contributed by atoms with E-state index in [0.717, 1.165) is 11.3 Å². The van der Waals surface area contributed by atoms with E-state index >= 15 is 0 Å². The normalized spacial score (nSPS) is 19.5. The number of anilines is 1. The van der Waals surface area contributed by atoms with E-state index in [-0.39, 0.29) is 6.79 Å². The van der Waals surface area contributed by atoms with Crippen LogP contribution in [0.2, 0.25) is 0 Å². The van der Waals surface area contributed by atoms with Gasteiger partial charge in [0.05, 0.1) is 0 Å². The van der Waals surface area contributed by atoms with Gasteiger partial charge in [-0.05, 0) is 36.2 Å². The molecule has 2 aromatic carbocycles. The van der Waals surface area contributed by atoms with Gasteiger partial charge in [-0.3, -0.25) is 14.5 Å². The van der Waals surface area contributed by atoms with Crippen molar-refractivity contribution in [3.05, 3.63) is 53.8 Å². The molecule has 2 N–H and O–H groups in total. The van der Waals surface area contributed by atoms with Crippen LogP contribution >= 0.6 is 0 Å². The summed E-state index contributed by atoms with van der Waals surface area (Å²) in [6.07, 6.45) is 1.82. The van der Waals surface area contributed by atoms with E-state index in [0.29, 0.717) is 35.6 Å². The zero-order chi connectivity index (χ0) is 22.0. The van der Waals surface area contributed by atoms with Gasteiger partial charge < -0.3 is 20.1 Å². The highest BCUT2D eigenvalue weighted by molar-refractivity contribution is 6.10. The van der Waals surface area contributed by atoms with E-state index in [9.17, 15) is 18.8 Å². The number of imide groups is 1. The summed E-state index contributed by atoms with van der Waals surface area (Å²) in [5.74, 6) is -0.424. The average molecular weight is 427 g/mol. The highest BCUT2D eigenvalue weighted by Gasteiger charge is 2.52. The van der Waals surface area contributed by atoms with Gasteiger partial charge in [0, 0.05) is 11.8 Å². The molecule has 4 amide bonds. The Morgan fingerprint density at radius 1 is 1.16 bits per heavy atom. The van der Waals surface area contributed by atoms with Crippen molar-refractivity contribution in [2.45, 2.75) is 31.7 Å². The molecule has 4 rings (SSSR count). The Labute approximate surface area is 178 Å². The molecule has 1 unspecified atom stereocenters. The lowest BCUT2D eigenvalue weighted by molar-refractivity contribution is -0.134. The van der Waals surface area contributed by atoms with Gasteiger partial charge in [-0.2, -0.15) is 0 Å². The SMILES string of the molecule is CCCCC1(c2ccc(F)cc2)NC(=O)N(CC(=O)Nc2ccc3c(c2)OCO3)C1=O. The summed E-state index contributed by atoms with van der Waals surface area (Å²) in [7, 11) is 0. The Morgan fingerprint density at radius 2 is 1.90 bits per heavy atom. The number of unbranched alkanes of at least 4 members (excludes halogenated alkanes) is 1. The van der Waals surface area contributed by atoms with Crippen LogP contribution in [-0.4, -0.2) is 36.1 Å². The molecular formula is C22H22FN3O5. The average Bonchev–Trinajstić information content (AvgIpc) is 3.31. The van der Waals surface area contributed by atoms with Crippen LogP contribution in [0.3, 0.4) is 0 Å². The minimum Gasteiger partial charge on any atom is -0.454 e. The Kier molecular flexibility index (Phi) is 5.50. The number of hydrogen-bond acceptors (Lipinski definition) is 5. The topological polar surface area (TPSA) is 97.0 Å². The first-order valence-corrected chi connectivity index (χ1v) is 10.0. The smallest absolute Gasteiger partial charge is 0.325 e. The molecule has 0 aliphatic carbocycles. The first kappa shape index (κ1) is 20.6. The summed E-state index contributed by atoms with van der Waals surface area (Å²) >= 11 is 0. The molecule has 0 saturated carbocycles. The summed E-state index contributed by atoms with van der Waals surface area (Å²) in [6.45, 7) is 1.63. The van der Waals surface area contributed by atoms with E-state index in [1.165, 1.54) is 24.3 Å². The Hall–Kier alpha value is -3.62. The molecule has 0 bridgehead atoms. The first-order valence-electron chi connectivity index (χ1n) is 10.0. The quantitative estimate of drug-likeness (QED) is 0.662. The molecular weight excluding hydrogens is 405 g/mol. The molecule has 2 heterocycles. The second-order valence-corrected chi connectivity index (χ2v) is 7.45. The molecule has 1 fully saturated rings. The van der Waals surface area contributed by atoms with Crippen LogP contribution in [-0.2, 0) is 15.1 Å². The van der Waals surface area contributed by atoms with Crippen molar-refractivity contribution in [3.8, 4) is 11.5 Å². The summed E-state index contributed by atoms with van der Waals surface area (Å²) in [5.41, 5.74) is -0.378. The number of amides is 4. The fourth-order valence-electron chi connectivity index (χ4n) is 3.77. The summed E-state index contributed by atoms with van der Waals surface area (Å²) in [6, 6.07) is 9.72. The van der Waals surface area contributed by atoms with Crippen molar-refractivity contribution in [1.29, 1.82) is 0 Å². The predicted molar refractivity (Wildman–Crippen MR) is 109 cm³/mol. The lowest BCUT2D eigenvalue weighted by Crippen LogP contribution is -2.44. The van der Waals surface area contributed by atoms with Gasteiger partial charge >= 0.3 is 6.03 Å². The van der Waals surface area contributed by atoms with Gasteiger partial charge in [0.15, 0.2) is 11.5 Å². The van der Waals surface area contributed by atoms with Crippen molar-refractivity contribution >= 4 is 23.5 Å². The second kappa shape index (κ2) is 8.25. The number of urea groups is 1. The molecule has 0 aromatic heterocycles. The molecule has 1 atom stereocenters. The maximum absolute atomic E-state index is 13.4. The van der Waals surface area contributed by atoms with E-state index in [1.54, 1.807) is 18.2 Å². The number of benzene rings is 2. The Morgan fingerprint density at radius 3 is 2.65 bits per heavy atom. The van der Waals surface area contributed by atoms with Gasteiger partial charge in [-0.1, -0.05) is 31.9 Å². The lowest BCUT2D eigenvalue weighted by atomic mass is 9.85. The maximum Gasteiger partial charge on any atom is 0.325 e. The van der Waals surface area contributed by atoms with Crippen molar-refractivity contribution in [3.63, 3.8) is 0 Å². The number of halogens is 1. The van der Waals surface area contributed by atoms with Gasteiger partial charge in [-0.25, -0.2) is 9.18 Å². The number of fused-ring (bicyclic) bond motifs is 1. The maximum atomic E-state index is 13.4. The van der Waals surface area contributed by atoms with Crippen LogP contribution in [0.4, 0.5) is 14.9 Å². The number of carbonyl (C=O) groups is 3. The number of ether oxygens (including phenoxy) is 2. The minimum absolute atomic E-state index is 0.110. The van der Waals surface area contributed by atoms with Crippen molar-refractivity contribution in [2.75, 3.05) is 18.7 Å². The Balaban J connectivity index is 1.52. The molecule has 2 aliphatic heterocycles. The van der Waals surface area contributed by atoms with Crippen LogP contribution in [0.1, 0.15) is 31.7 Å². The summed E-state index contributed by atoms with van der Waals surface area (Å²) < 4.78 is 23.9. The summed E-state index contributed by atoms with van der Waals surface area (Å²) in [4.78, 5) is 39.4. The van der Waals surface area contributed by atoms with Crippen LogP contribution < -0.4 is 20.1 Å². The third-order valence-electron chi connectivity index (χ3n) is 5.38. The molecule has 0 radical (unpaired) electrons.